The van der Waals surface area contributed by atoms with Crippen LogP contribution in [-0.2, 0) is 9.53 Å². The SMILES string of the molecule is COCCOc1ccc(C(N)C(=O)O)cc1. The van der Waals surface area contributed by atoms with Crippen LogP contribution in [0, 0.1) is 0 Å². The normalized spacial score (nSPS) is 12.1. The Balaban J connectivity index is 2.57. The molecular formula is C11H15NO4. The first kappa shape index (κ1) is 12.5. The molecule has 0 aliphatic heterocycles. The maximum absolute atomic E-state index is 10.6. The van der Waals surface area contributed by atoms with Gasteiger partial charge in [0.15, 0.2) is 0 Å². The van der Waals surface area contributed by atoms with Crippen LogP contribution in [0.3, 0.4) is 0 Å². The standard InChI is InChI=1S/C11H15NO4/c1-15-6-7-16-9-4-2-8(3-5-9)10(12)11(13)14/h2-5,10H,6-7,12H2,1H3,(H,13,14). The summed E-state index contributed by atoms with van der Waals surface area (Å²) >= 11 is 0. The highest BCUT2D eigenvalue weighted by atomic mass is 16.5. The van der Waals surface area contributed by atoms with E-state index in [1.165, 1.54) is 0 Å². The number of carboxylic acid groups (broad SMARTS) is 1. The van der Waals surface area contributed by atoms with Crippen LogP contribution >= 0.6 is 0 Å². The first-order chi connectivity index (χ1) is 7.65. The highest BCUT2D eigenvalue weighted by Crippen LogP contribution is 2.16. The molecule has 0 amide bonds. The molecule has 0 aromatic heterocycles. The van der Waals surface area contributed by atoms with E-state index in [1.54, 1.807) is 31.4 Å². The Morgan fingerprint density at radius 1 is 1.38 bits per heavy atom. The molecule has 0 bridgehead atoms. The van der Waals surface area contributed by atoms with Crippen LogP contribution in [0.4, 0.5) is 0 Å². The molecule has 0 saturated carbocycles. The molecule has 0 spiro atoms. The molecule has 1 rings (SSSR count). The Hall–Kier alpha value is -1.59. The maximum Gasteiger partial charge on any atom is 0.325 e. The van der Waals surface area contributed by atoms with Crippen molar-refractivity contribution in [3.63, 3.8) is 0 Å². The van der Waals surface area contributed by atoms with Gasteiger partial charge in [0.2, 0.25) is 0 Å². The van der Waals surface area contributed by atoms with Crippen molar-refractivity contribution in [3.8, 4) is 5.75 Å². The van der Waals surface area contributed by atoms with E-state index in [4.69, 9.17) is 20.3 Å². The molecule has 0 saturated heterocycles. The van der Waals surface area contributed by atoms with E-state index in [-0.39, 0.29) is 0 Å². The summed E-state index contributed by atoms with van der Waals surface area (Å²) in [5, 5.41) is 8.71. The number of rotatable bonds is 6. The van der Waals surface area contributed by atoms with Crippen LogP contribution in [0.15, 0.2) is 24.3 Å². The van der Waals surface area contributed by atoms with Crippen molar-refractivity contribution in [1.29, 1.82) is 0 Å². The van der Waals surface area contributed by atoms with Crippen molar-refractivity contribution < 1.29 is 19.4 Å². The van der Waals surface area contributed by atoms with Crippen LogP contribution in [0.5, 0.6) is 5.75 Å². The molecule has 1 unspecified atom stereocenters. The van der Waals surface area contributed by atoms with Gasteiger partial charge in [-0.05, 0) is 17.7 Å². The number of benzene rings is 1. The van der Waals surface area contributed by atoms with Gasteiger partial charge in [0.05, 0.1) is 6.61 Å². The third-order valence-corrected chi connectivity index (χ3v) is 2.06. The minimum absolute atomic E-state index is 0.459. The van der Waals surface area contributed by atoms with E-state index in [0.717, 1.165) is 0 Å². The molecule has 1 aromatic rings. The second-order valence-corrected chi connectivity index (χ2v) is 3.23. The topological polar surface area (TPSA) is 81.8 Å². The number of carbonyl (C=O) groups is 1. The van der Waals surface area contributed by atoms with Crippen LogP contribution in [-0.4, -0.2) is 31.4 Å². The Labute approximate surface area is 93.8 Å². The second kappa shape index (κ2) is 6.09. The third-order valence-electron chi connectivity index (χ3n) is 2.06. The summed E-state index contributed by atoms with van der Waals surface area (Å²) in [6, 6.07) is 5.66. The van der Waals surface area contributed by atoms with E-state index in [1.807, 2.05) is 0 Å². The quantitative estimate of drug-likeness (QED) is 0.700. The Bertz CT molecular complexity index is 336. The lowest BCUT2D eigenvalue weighted by Gasteiger charge is -2.09. The average molecular weight is 225 g/mol. The van der Waals surface area contributed by atoms with E-state index < -0.39 is 12.0 Å². The van der Waals surface area contributed by atoms with Crippen LogP contribution < -0.4 is 10.5 Å². The molecule has 88 valence electrons. The molecular weight excluding hydrogens is 210 g/mol. The van der Waals surface area contributed by atoms with Crippen LogP contribution in [0.1, 0.15) is 11.6 Å². The fraction of sp³-hybridized carbons (Fsp3) is 0.364. The summed E-state index contributed by atoms with van der Waals surface area (Å²) in [5.74, 6) is -0.383. The Kier molecular flexibility index (Phi) is 4.75. The van der Waals surface area contributed by atoms with Gasteiger partial charge >= 0.3 is 5.97 Å². The molecule has 5 nitrogen and oxygen atoms in total. The summed E-state index contributed by atoms with van der Waals surface area (Å²) in [6.45, 7) is 0.969. The van der Waals surface area contributed by atoms with E-state index in [0.29, 0.717) is 24.5 Å². The lowest BCUT2D eigenvalue weighted by atomic mass is 10.1. The van der Waals surface area contributed by atoms with Crippen molar-refractivity contribution in [2.75, 3.05) is 20.3 Å². The number of methoxy groups -OCH3 is 1. The Morgan fingerprint density at radius 3 is 2.50 bits per heavy atom. The number of ether oxygens (including phenoxy) is 2. The van der Waals surface area contributed by atoms with Gasteiger partial charge in [-0.15, -0.1) is 0 Å². The average Bonchev–Trinajstić information content (AvgIpc) is 2.29. The van der Waals surface area contributed by atoms with Gasteiger partial charge < -0.3 is 20.3 Å². The van der Waals surface area contributed by atoms with Crippen molar-refractivity contribution in [3.05, 3.63) is 29.8 Å². The van der Waals surface area contributed by atoms with Crippen molar-refractivity contribution in [1.82, 2.24) is 0 Å². The van der Waals surface area contributed by atoms with Gasteiger partial charge in [0.1, 0.15) is 18.4 Å². The number of carboxylic acids is 1. The number of hydrogen-bond donors (Lipinski definition) is 2. The molecule has 0 radical (unpaired) electrons. The van der Waals surface area contributed by atoms with Gasteiger partial charge in [0, 0.05) is 7.11 Å². The summed E-state index contributed by atoms with van der Waals surface area (Å²) in [6.07, 6.45) is 0. The predicted octanol–water partition coefficient (Wildman–Crippen LogP) is 0.796. The maximum atomic E-state index is 10.6. The Morgan fingerprint density at radius 2 is 2.00 bits per heavy atom. The fourth-order valence-electron chi connectivity index (χ4n) is 1.16. The largest absolute Gasteiger partial charge is 0.491 e. The predicted molar refractivity (Wildman–Crippen MR) is 58.4 cm³/mol. The lowest BCUT2D eigenvalue weighted by molar-refractivity contribution is -0.138. The second-order valence-electron chi connectivity index (χ2n) is 3.23. The summed E-state index contributed by atoms with van der Waals surface area (Å²) < 4.78 is 10.2. The number of hydrogen-bond acceptors (Lipinski definition) is 4. The van der Waals surface area contributed by atoms with Crippen molar-refractivity contribution >= 4 is 5.97 Å². The molecule has 0 aliphatic rings. The zero-order valence-corrected chi connectivity index (χ0v) is 9.05. The van der Waals surface area contributed by atoms with Gasteiger partial charge in [-0.1, -0.05) is 12.1 Å². The molecule has 3 N–H and O–H groups in total. The minimum Gasteiger partial charge on any atom is -0.491 e. The molecule has 5 heteroatoms. The fourth-order valence-corrected chi connectivity index (χ4v) is 1.16. The molecule has 0 aliphatic carbocycles. The summed E-state index contributed by atoms with van der Waals surface area (Å²) in [7, 11) is 1.60. The molecule has 0 heterocycles. The van der Waals surface area contributed by atoms with Gasteiger partial charge in [-0.25, -0.2) is 0 Å². The van der Waals surface area contributed by atoms with Crippen molar-refractivity contribution in [2.45, 2.75) is 6.04 Å². The van der Waals surface area contributed by atoms with E-state index in [2.05, 4.69) is 0 Å². The highest BCUT2D eigenvalue weighted by molar-refractivity contribution is 5.75. The lowest BCUT2D eigenvalue weighted by Crippen LogP contribution is -2.20. The molecule has 0 fully saturated rings. The van der Waals surface area contributed by atoms with Crippen LogP contribution in [0.2, 0.25) is 0 Å². The zero-order valence-electron chi connectivity index (χ0n) is 9.05. The zero-order chi connectivity index (χ0) is 12.0. The third kappa shape index (κ3) is 3.52. The summed E-state index contributed by atoms with van der Waals surface area (Å²) in [5.41, 5.74) is 6.00. The van der Waals surface area contributed by atoms with Gasteiger partial charge in [-0.2, -0.15) is 0 Å². The molecule has 16 heavy (non-hydrogen) atoms. The van der Waals surface area contributed by atoms with Crippen LogP contribution in [0.25, 0.3) is 0 Å². The monoisotopic (exact) mass is 225 g/mol. The van der Waals surface area contributed by atoms with Gasteiger partial charge in [-0.3, -0.25) is 4.79 Å². The molecule has 1 aromatic carbocycles. The molecule has 1 atom stereocenters. The first-order valence-electron chi connectivity index (χ1n) is 4.85. The van der Waals surface area contributed by atoms with Gasteiger partial charge in [0.25, 0.3) is 0 Å². The van der Waals surface area contributed by atoms with E-state index >= 15 is 0 Å². The minimum atomic E-state index is -1.05. The van der Waals surface area contributed by atoms with Crippen molar-refractivity contribution in [2.24, 2.45) is 5.73 Å². The highest BCUT2D eigenvalue weighted by Gasteiger charge is 2.13. The summed E-state index contributed by atoms with van der Waals surface area (Å²) in [4.78, 5) is 10.6. The smallest absolute Gasteiger partial charge is 0.325 e. The number of aliphatic carboxylic acids is 1. The number of nitrogens with two attached hydrogens (primary N) is 1. The first-order valence-corrected chi connectivity index (χ1v) is 4.85. The van der Waals surface area contributed by atoms with E-state index in [9.17, 15) is 4.79 Å².